The monoisotopic (exact) mass is 449 g/mol. The molecular formula is C21H15F4N3O2S. The predicted octanol–water partition coefficient (Wildman–Crippen LogP) is 4.56. The minimum absolute atomic E-state index is 0.0241. The highest BCUT2D eigenvalue weighted by atomic mass is 32.2. The molecule has 10 heteroatoms. The van der Waals surface area contributed by atoms with Crippen molar-refractivity contribution < 1.29 is 27.2 Å². The highest BCUT2D eigenvalue weighted by Crippen LogP contribution is 2.37. The third-order valence-electron chi connectivity index (χ3n) is 4.48. The molecule has 0 saturated heterocycles. The summed E-state index contributed by atoms with van der Waals surface area (Å²) >= 11 is 0.834. The maximum Gasteiger partial charge on any atom is 0.418 e. The van der Waals surface area contributed by atoms with Crippen molar-refractivity contribution >= 4 is 29.3 Å². The average Bonchev–Trinajstić information content (AvgIpc) is 2.72. The van der Waals surface area contributed by atoms with Crippen molar-refractivity contribution in [1.82, 2.24) is 5.32 Å². The lowest BCUT2D eigenvalue weighted by molar-refractivity contribution is -0.137. The number of thioether (sulfide) groups is 1. The fourth-order valence-corrected chi connectivity index (χ4v) is 3.95. The number of nitriles is 1. The number of alkyl halides is 3. The van der Waals surface area contributed by atoms with E-state index in [1.165, 1.54) is 36.4 Å². The number of hydrogen-bond acceptors (Lipinski definition) is 4. The highest BCUT2D eigenvalue weighted by Gasteiger charge is 2.34. The quantitative estimate of drug-likeness (QED) is 0.656. The number of benzene rings is 2. The first kappa shape index (κ1) is 22.4. The summed E-state index contributed by atoms with van der Waals surface area (Å²) in [6.07, 6.45) is -4.66. The van der Waals surface area contributed by atoms with Gasteiger partial charge in [-0.15, -0.1) is 0 Å². The maximum atomic E-state index is 13.2. The number of carbonyl (C=O) groups excluding carboxylic acids is 2. The summed E-state index contributed by atoms with van der Waals surface area (Å²) in [7, 11) is 0. The van der Waals surface area contributed by atoms with Crippen LogP contribution in [0.5, 0.6) is 0 Å². The number of carbonyl (C=O) groups is 2. The predicted molar refractivity (Wildman–Crippen MR) is 107 cm³/mol. The Morgan fingerprint density at radius 1 is 1.19 bits per heavy atom. The number of anilines is 1. The minimum Gasteiger partial charge on any atom is -0.325 e. The summed E-state index contributed by atoms with van der Waals surface area (Å²) < 4.78 is 52.4. The Bertz CT molecular complexity index is 1080. The van der Waals surface area contributed by atoms with Crippen LogP contribution in [0.1, 0.15) is 23.5 Å². The van der Waals surface area contributed by atoms with Crippen LogP contribution < -0.4 is 10.6 Å². The normalized spacial score (nSPS) is 16.5. The lowest BCUT2D eigenvalue weighted by Gasteiger charge is -2.25. The lowest BCUT2D eigenvalue weighted by Crippen LogP contribution is -2.31. The van der Waals surface area contributed by atoms with E-state index in [4.69, 9.17) is 0 Å². The van der Waals surface area contributed by atoms with Crippen molar-refractivity contribution in [3.05, 3.63) is 76.1 Å². The van der Waals surface area contributed by atoms with Gasteiger partial charge in [0, 0.05) is 12.3 Å². The summed E-state index contributed by atoms with van der Waals surface area (Å²) in [6.45, 7) is 0. The number of amides is 2. The molecule has 2 N–H and O–H groups in total. The van der Waals surface area contributed by atoms with Crippen LogP contribution in [-0.4, -0.2) is 17.6 Å². The molecule has 0 aliphatic carbocycles. The lowest BCUT2D eigenvalue weighted by atomic mass is 9.87. The van der Waals surface area contributed by atoms with Gasteiger partial charge in [-0.1, -0.05) is 36.0 Å². The number of rotatable bonds is 5. The first-order valence-corrected chi connectivity index (χ1v) is 9.96. The van der Waals surface area contributed by atoms with Gasteiger partial charge in [0.05, 0.1) is 33.7 Å². The molecule has 0 bridgehead atoms. The molecule has 2 amide bonds. The first-order valence-electron chi connectivity index (χ1n) is 8.97. The number of para-hydroxylation sites is 1. The van der Waals surface area contributed by atoms with Crippen LogP contribution >= 0.6 is 11.8 Å². The van der Waals surface area contributed by atoms with Crippen molar-refractivity contribution in [1.29, 1.82) is 5.26 Å². The van der Waals surface area contributed by atoms with Crippen LogP contribution in [0.4, 0.5) is 23.2 Å². The Hall–Kier alpha value is -3.32. The standard InChI is InChI=1S/C21H15F4N3O2S/c22-13-7-5-12(6-8-13)14-9-18(29)28-20(15(14)10-26)31-11-19(30)27-17-4-2-1-3-16(17)21(23,24)25/h1-8,14H,9,11H2,(H,27,30)(H,28,29). The zero-order valence-corrected chi connectivity index (χ0v) is 16.6. The van der Waals surface area contributed by atoms with E-state index < -0.39 is 35.3 Å². The molecule has 0 fully saturated rings. The van der Waals surface area contributed by atoms with Crippen LogP contribution in [0.2, 0.25) is 0 Å². The summed E-state index contributed by atoms with van der Waals surface area (Å²) in [5, 5.41) is 14.5. The largest absolute Gasteiger partial charge is 0.418 e. The Morgan fingerprint density at radius 2 is 1.87 bits per heavy atom. The van der Waals surface area contributed by atoms with Crippen LogP contribution in [0.25, 0.3) is 0 Å². The van der Waals surface area contributed by atoms with Gasteiger partial charge in [-0.05, 0) is 29.8 Å². The van der Waals surface area contributed by atoms with Crippen molar-refractivity contribution in [2.45, 2.75) is 18.5 Å². The third-order valence-corrected chi connectivity index (χ3v) is 5.50. The van der Waals surface area contributed by atoms with Gasteiger partial charge in [-0.25, -0.2) is 4.39 Å². The van der Waals surface area contributed by atoms with Gasteiger partial charge in [0.15, 0.2) is 0 Å². The second-order valence-electron chi connectivity index (χ2n) is 6.59. The van der Waals surface area contributed by atoms with Gasteiger partial charge >= 0.3 is 6.18 Å². The smallest absolute Gasteiger partial charge is 0.325 e. The molecular weight excluding hydrogens is 434 g/mol. The van der Waals surface area contributed by atoms with E-state index in [9.17, 15) is 32.4 Å². The molecule has 5 nitrogen and oxygen atoms in total. The summed E-state index contributed by atoms with van der Waals surface area (Å²) in [4.78, 5) is 24.3. The molecule has 2 aromatic rings. The average molecular weight is 449 g/mol. The number of halogens is 4. The molecule has 160 valence electrons. The van der Waals surface area contributed by atoms with Gasteiger partial charge in [0.25, 0.3) is 0 Å². The zero-order chi connectivity index (χ0) is 22.6. The zero-order valence-electron chi connectivity index (χ0n) is 15.8. The Morgan fingerprint density at radius 3 is 2.52 bits per heavy atom. The second kappa shape index (κ2) is 9.22. The molecule has 3 rings (SSSR count). The molecule has 1 aliphatic rings. The van der Waals surface area contributed by atoms with E-state index in [0.717, 1.165) is 23.9 Å². The van der Waals surface area contributed by atoms with E-state index in [1.54, 1.807) is 0 Å². The van der Waals surface area contributed by atoms with Crippen molar-refractivity contribution in [2.75, 3.05) is 11.1 Å². The number of nitrogens with zero attached hydrogens (tertiary/aromatic N) is 1. The van der Waals surface area contributed by atoms with Crippen molar-refractivity contribution in [3.8, 4) is 6.07 Å². The number of allylic oxidation sites excluding steroid dienone is 1. The highest BCUT2D eigenvalue weighted by molar-refractivity contribution is 8.03. The maximum absolute atomic E-state index is 13.2. The van der Waals surface area contributed by atoms with Gasteiger partial charge in [-0.3, -0.25) is 9.59 Å². The number of nitrogens with one attached hydrogen (secondary N) is 2. The van der Waals surface area contributed by atoms with E-state index in [0.29, 0.717) is 5.56 Å². The fourth-order valence-electron chi connectivity index (χ4n) is 3.08. The molecule has 0 aromatic heterocycles. The Balaban J connectivity index is 1.77. The van der Waals surface area contributed by atoms with Crippen LogP contribution in [0, 0.1) is 17.1 Å². The summed E-state index contributed by atoms with van der Waals surface area (Å²) in [5.41, 5.74) is -0.603. The van der Waals surface area contributed by atoms with Gasteiger partial charge < -0.3 is 10.6 Å². The fraction of sp³-hybridized carbons (Fsp3) is 0.190. The Labute approximate surface area is 179 Å². The van der Waals surface area contributed by atoms with Gasteiger partial charge in [0.1, 0.15) is 5.82 Å². The van der Waals surface area contributed by atoms with E-state index in [2.05, 4.69) is 10.6 Å². The van der Waals surface area contributed by atoms with Crippen molar-refractivity contribution in [3.63, 3.8) is 0 Å². The molecule has 1 heterocycles. The molecule has 0 saturated carbocycles. The van der Waals surface area contributed by atoms with Gasteiger partial charge in [0.2, 0.25) is 11.8 Å². The molecule has 31 heavy (non-hydrogen) atoms. The molecule has 1 aliphatic heterocycles. The van der Waals surface area contributed by atoms with Crippen molar-refractivity contribution in [2.24, 2.45) is 0 Å². The Kier molecular flexibility index (Phi) is 6.65. The van der Waals surface area contributed by atoms with E-state index in [1.807, 2.05) is 6.07 Å². The molecule has 1 unspecified atom stereocenters. The third kappa shape index (κ3) is 5.44. The summed E-state index contributed by atoms with van der Waals surface area (Å²) in [6, 6.07) is 12.0. The van der Waals surface area contributed by atoms with E-state index >= 15 is 0 Å². The van der Waals surface area contributed by atoms with Gasteiger partial charge in [-0.2, -0.15) is 18.4 Å². The van der Waals surface area contributed by atoms with Crippen LogP contribution in [-0.2, 0) is 15.8 Å². The molecule has 2 aromatic carbocycles. The van der Waals surface area contributed by atoms with E-state index in [-0.39, 0.29) is 28.5 Å². The van der Waals surface area contributed by atoms with Crippen LogP contribution in [0.15, 0.2) is 59.1 Å². The summed E-state index contributed by atoms with van der Waals surface area (Å²) in [5.74, 6) is -2.53. The first-order chi connectivity index (χ1) is 14.7. The topological polar surface area (TPSA) is 82.0 Å². The van der Waals surface area contributed by atoms with Crippen LogP contribution in [0.3, 0.4) is 0 Å². The minimum atomic E-state index is -4.63. The molecule has 1 atom stereocenters. The SMILES string of the molecule is N#CC1=C(SCC(=O)Nc2ccccc2C(F)(F)F)NC(=O)CC1c1ccc(F)cc1. The number of hydrogen-bond donors (Lipinski definition) is 2. The second-order valence-corrected chi connectivity index (χ2v) is 7.58. The molecule has 0 radical (unpaired) electrons. The molecule has 0 spiro atoms.